The number of halogens is 1. The van der Waals surface area contributed by atoms with Crippen molar-refractivity contribution in [1.82, 2.24) is 24.6 Å². The third-order valence-corrected chi connectivity index (χ3v) is 6.63. The zero-order chi connectivity index (χ0) is 24.4. The first kappa shape index (κ1) is 22.9. The minimum Gasteiger partial charge on any atom is -0.339 e. The van der Waals surface area contributed by atoms with E-state index in [2.05, 4.69) is 16.5 Å². The smallest absolute Gasteiger partial charge is 0.245 e. The van der Waals surface area contributed by atoms with Gasteiger partial charge in [-0.3, -0.25) is 24.2 Å². The van der Waals surface area contributed by atoms with E-state index in [0.29, 0.717) is 30.2 Å². The van der Waals surface area contributed by atoms with Crippen LogP contribution in [-0.2, 0) is 17.8 Å². The zero-order valence-electron chi connectivity index (χ0n) is 19.1. The van der Waals surface area contributed by atoms with Crippen molar-refractivity contribution in [2.45, 2.75) is 19.4 Å². The molecule has 35 heavy (non-hydrogen) atoms. The predicted octanol–water partition coefficient (Wildman–Crippen LogP) is 4.61. The third kappa shape index (κ3) is 4.72. The molecule has 0 spiro atoms. The highest BCUT2D eigenvalue weighted by Crippen LogP contribution is 2.33. The quantitative estimate of drug-likeness (QED) is 0.282. The minimum atomic E-state index is -0.0431. The lowest BCUT2D eigenvalue weighted by molar-refractivity contribution is -0.125. The molecule has 1 amide bonds. The fourth-order valence-corrected chi connectivity index (χ4v) is 4.83. The molecular weight excluding hydrogens is 462 g/mol. The average Bonchev–Trinajstić information content (AvgIpc) is 3.50. The van der Waals surface area contributed by atoms with Crippen LogP contribution >= 0.6 is 11.6 Å². The van der Waals surface area contributed by atoms with Crippen molar-refractivity contribution in [3.05, 3.63) is 90.0 Å². The lowest BCUT2D eigenvalue weighted by Crippen LogP contribution is -2.27. The van der Waals surface area contributed by atoms with Crippen LogP contribution in [0.3, 0.4) is 0 Å². The first-order valence-electron chi connectivity index (χ1n) is 11.5. The first-order chi connectivity index (χ1) is 17.0. The van der Waals surface area contributed by atoms with Gasteiger partial charge in [-0.25, -0.2) is 0 Å². The Bertz CT molecular complexity index is 1400. The van der Waals surface area contributed by atoms with E-state index >= 15 is 0 Å². The number of rotatable bonds is 7. The highest BCUT2D eigenvalue weighted by atomic mass is 35.5. The van der Waals surface area contributed by atoms with Crippen LogP contribution in [0.15, 0.2) is 73.7 Å². The fourth-order valence-electron chi connectivity index (χ4n) is 4.57. The molecule has 7 nitrogen and oxygen atoms in total. The maximum Gasteiger partial charge on any atom is 0.245 e. The molecule has 0 aliphatic carbocycles. The van der Waals surface area contributed by atoms with Gasteiger partial charge in [-0.2, -0.15) is 5.10 Å². The molecule has 1 fully saturated rings. The van der Waals surface area contributed by atoms with E-state index in [1.807, 2.05) is 52.0 Å². The second-order valence-electron chi connectivity index (χ2n) is 8.69. The summed E-state index contributed by atoms with van der Waals surface area (Å²) in [6, 6.07) is 13.0. The second kappa shape index (κ2) is 9.80. The number of carbonyl (C=O) groups excluding carboxylic acids is 2. The molecule has 3 aromatic heterocycles. The van der Waals surface area contributed by atoms with E-state index in [1.54, 1.807) is 18.6 Å². The van der Waals surface area contributed by atoms with Crippen molar-refractivity contribution in [2.75, 3.05) is 13.1 Å². The van der Waals surface area contributed by atoms with Gasteiger partial charge in [-0.05, 0) is 30.5 Å². The molecule has 1 saturated heterocycles. The SMILES string of the molecule is C=CC(=O)N1CC[C@H](Cn2nc(-c3ccc(C(=O)Cc4ccccn4)cc3)c3cncc(Cl)c32)C1. The summed E-state index contributed by atoms with van der Waals surface area (Å²) in [5.41, 5.74) is 3.82. The van der Waals surface area contributed by atoms with Crippen LogP contribution in [0.2, 0.25) is 5.02 Å². The molecule has 4 aromatic rings. The molecular formula is C27H24ClN5O2. The summed E-state index contributed by atoms with van der Waals surface area (Å²) < 4.78 is 1.92. The number of benzene rings is 1. The van der Waals surface area contributed by atoms with E-state index in [4.69, 9.17) is 16.7 Å². The lowest BCUT2D eigenvalue weighted by Gasteiger charge is -2.14. The molecule has 0 bridgehead atoms. The van der Waals surface area contributed by atoms with Gasteiger partial charge in [0, 0.05) is 60.4 Å². The van der Waals surface area contributed by atoms with Crippen molar-refractivity contribution in [3.8, 4) is 11.3 Å². The molecule has 8 heteroatoms. The van der Waals surface area contributed by atoms with Crippen LogP contribution in [0.25, 0.3) is 22.2 Å². The maximum absolute atomic E-state index is 12.7. The molecule has 4 heterocycles. The van der Waals surface area contributed by atoms with Crippen molar-refractivity contribution >= 4 is 34.2 Å². The van der Waals surface area contributed by atoms with Crippen LogP contribution in [0.5, 0.6) is 0 Å². The number of hydrogen-bond donors (Lipinski definition) is 0. The normalized spacial score (nSPS) is 15.5. The van der Waals surface area contributed by atoms with E-state index in [9.17, 15) is 9.59 Å². The molecule has 176 valence electrons. The van der Waals surface area contributed by atoms with Crippen molar-refractivity contribution in [2.24, 2.45) is 5.92 Å². The van der Waals surface area contributed by atoms with Gasteiger partial charge in [0.15, 0.2) is 5.78 Å². The Labute approximate surface area is 208 Å². The maximum atomic E-state index is 12.7. The van der Waals surface area contributed by atoms with E-state index in [1.165, 1.54) is 6.08 Å². The summed E-state index contributed by atoms with van der Waals surface area (Å²) in [4.78, 5) is 35.0. The van der Waals surface area contributed by atoms with Crippen molar-refractivity contribution in [3.63, 3.8) is 0 Å². The summed E-state index contributed by atoms with van der Waals surface area (Å²) in [5, 5.41) is 6.27. The van der Waals surface area contributed by atoms with Crippen molar-refractivity contribution in [1.29, 1.82) is 0 Å². The number of nitrogens with zero attached hydrogens (tertiary/aromatic N) is 5. The molecule has 1 aliphatic rings. The molecule has 0 radical (unpaired) electrons. The topological polar surface area (TPSA) is 81.0 Å². The summed E-state index contributed by atoms with van der Waals surface area (Å²) in [6.45, 7) is 5.60. The van der Waals surface area contributed by atoms with Crippen LogP contribution in [0.1, 0.15) is 22.5 Å². The highest BCUT2D eigenvalue weighted by molar-refractivity contribution is 6.35. The van der Waals surface area contributed by atoms with Crippen molar-refractivity contribution < 1.29 is 9.59 Å². The lowest BCUT2D eigenvalue weighted by atomic mass is 10.0. The number of aromatic nitrogens is 4. The Morgan fingerprint density at radius 1 is 1.14 bits per heavy atom. The highest BCUT2D eigenvalue weighted by Gasteiger charge is 2.27. The predicted molar refractivity (Wildman–Crippen MR) is 135 cm³/mol. The van der Waals surface area contributed by atoms with Gasteiger partial charge in [-0.1, -0.05) is 48.5 Å². The number of carbonyl (C=O) groups is 2. The average molecular weight is 486 g/mol. The molecule has 0 unspecified atom stereocenters. The summed E-state index contributed by atoms with van der Waals surface area (Å²) in [7, 11) is 0. The summed E-state index contributed by atoms with van der Waals surface area (Å²) in [6.07, 6.45) is 7.58. The number of ketones is 1. The monoisotopic (exact) mass is 485 g/mol. The molecule has 0 N–H and O–H groups in total. The van der Waals surface area contributed by atoms with E-state index in [0.717, 1.165) is 34.3 Å². The van der Waals surface area contributed by atoms with E-state index in [-0.39, 0.29) is 24.0 Å². The standard InChI is InChI=1S/C27H24ClN5O2/c1-2-25(35)32-12-10-18(16-32)17-33-27-22(14-29-15-23(27)28)26(31-33)20-8-6-19(7-9-20)24(34)13-21-5-3-4-11-30-21/h2-9,11,14-15,18H,1,10,12-13,16-17H2/t18-/m0/s1. The Morgan fingerprint density at radius 2 is 1.97 bits per heavy atom. The van der Waals surface area contributed by atoms with Gasteiger partial charge in [0.2, 0.25) is 5.91 Å². The van der Waals surface area contributed by atoms with Crippen LogP contribution in [0, 0.1) is 5.92 Å². The Morgan fingerprint density at radius 3 is 2.71 bits per heavy atom. The van der Waals surface area contributed by atoms with Gasteiger partial charge in [-0.15, -0.1) is 0 Å². The number of hydrogen-bond acceptors (Lipinski definition) is 5. The third-order valence-electron chi connectivity index (χ3n) is 6.36. The van der Waals surface area contributed by atoms with Gasteiger partial charge in [0.25, 0.3) is 0 Å². The molecule has 1 aliphatic heterocycles. The number of amides is 1. The van der Waals surface area contributed by atoms with Gasteiger partial charge in [0.1, 0.15) is 5.69 Å². The number of pyridine rings is 2. The number of fused-ring (bicyclic) bond motifs is 1. The fraction of sp³-hybridized carbons (Fsp3) is 0.222. The molecule has 5 rings (SSSR count). The summed E-state index contributed by atoms with van der Waals surface area (Å²) in [5.74, 6) is 0.235. The Balaban J connectivity index is 1.41. The second-order valence-corrected chi connectivity index (χ2v) is 9.10. The van der Waals surface area contributed by atoms with Gasteiger partial charge in [0.05, 0.1) is 17.0 Å². The number of likely N-dealkylation sites (tertiary alicyclic amines) is 1. The summed E-state index contributed by atoms with van der Waals surface area (Å²) >= 11 is 6.54. The molecule has 0 saturated carbocycles. The van der Waals surface area contributed by atoms with Crippen LogP contribution in [-0.4, -0.2) is 49.4 Å². The van der Waals surface area contributed by atoms with Crippen LogP contribution in [0.4, 0.5) is 0 Å². The minimum absolute atomic E-state index is 0.00945. The van der Waals surface area contributed by atoms with Crippen LogP contribution < -0.4 is 0 Å². The van der Waals surface area contributed by atoms with E-state index < -0.39 is 0 Å². The molecule has 1 aromatic carbocycles. The zero-order valence-corrected chi connectivity index (χ0v) is 19.9. The van der Waals surface area contributed by atoms with Gasteiger partial charge >= 0.3 is 0 Å². The largest absolute Gasteiger partial charge is 0.339 e. The first-order valence-corrected chi connectivity index (χ1v) is 11.9. The number of Topliss-reactive ketones (excluding diaryl/α,β-unsaturated/α-hetero) is 1. The van der Waals surface area contributed by atoms with Gasteiger partial charge < -0.3 is 4.90 Å². The molecule has 1 atom stereocenters. The Hall–Kier alpha value is -3.84. The Kier molecular flexibility index (Phi) is 6.42.